The van der Waals surface area contributed by atoms with Gasteiger partial charge in [-0.05, 0) is 49.4 Å². The number of likely N-dealkylation sites (tertiary alicyclic amines) is 1. The zero-order valence-electron chi connectivity index (χ0n) is 19.7. The van der Waals surface area contributed by atoms with Crippen LogP contribution in [0.25, 0.3) is 22.2 Å². The van der Waals surface area contributed by atoms with Gasteiger partial charge in [-0.25, -0.2) is 4.79 Å². The lowest BCUT2D eigenvalue weighted by atomic mass is 9.99. The molecule has 5 rings (SSSR count). The van der Waals surface area contributed by atoms with E-state index >= 15 is 0 Å². The summed E-state index contributed by atoms with van der Waals surface area (Å²) >= 11 is 0. The highest BCUT2D eigenvalue weighted by Crippen LogP contribution is 2.40. The van der Waals surface area contributed by atoms with Crippen LogP contribution in [0.15, 0.2) is 23.0 Å². The molecule has 2 aliphatic rings. The molecule has 0 spiro atoms. The van der Waals surface area contributed by atoms with E-state index in [-0.39, 0.29) is 11.9 Å². The molecule has 10 heteroatoms. The standard InChI is InChI=1S/C25H28N4O6/c1-13(30)26-16-6-7-29(11-16)12-17-8-15-9-19-14(10-20(15)28(17)2)4-3-5-18-21(19)27-24(32)23(22(18)31)35-25(33)34/h8-10,16H,3-7,11-12H2,1-2H3,(H,26,30)(H,33,34)(H2,27,31,32). The predicted molar refractivity (Wildman–Crippen MR) is 129 cm³/mol. The van der Waals surface area contributed by atoms with Crippen molar-refractivity contribution < 1.29 is 24.5 Å². The Kier molecular flexibility index (Phi) is 5.76. The summed E-state index contributed by atoms with van der Waals surface area (Å²) in [6.07, 6.45) is 1.24. The predicted octanol–water partition coefficient (Wildman–Crippen LogP) is 2.50. The number of aryl methyl sites for hydroxylation is 2. The number of aromatic hydroxyl groups is 1. The van der Waals surface area contributed by atoms with E-state index in [1.165, 1.54) is 0 Å². The van der Waals surface area contributed by atoms with Gasteiger partial charge < -0.3 is 29.8 Å². The van der Waals surface area contributed by atoms with E-state index in [0.717, 1.165) is 66.6 Å². The Hall–Kier alpha value is -3.79. The average Bonchev–Trinajstić information content (AvgIpc) is 3.29. The topological polar surface area (TPSA) is 137 Å². The van der Waals surface area contributed by atoms with Crippen LogP contribution in [-0.2, 0) is 31.2 Å². The maximum absolute atomic E-state index is 12.5. The van der Waals surface area contributed by atoms with Crippen LogP contribution in [0.4, 0.5) is 4.79 Å². The largest absolute Gasteiger partial charge is 0.511 e. The number of nitrogens with zero attached hydrogens (tertiary/aromatic N) is 2. The van der Waals surface area contributed by atoms with Crippen molar-refractivity contribution in [2.45, 2.75) is 45.2 Å². The molecule has 0 bridgehead atoms. The third-order valence-corrected chi connectivity index (χ3v) is 7.01. The fraction of sp³-hybridized carbons (Fsp3) is 0.400. The molecule has 1 aliphatic heterocycles. The van der Waals surface area contributed by atoms with Crippen LogP contribution in [-0.4, -0.2) is 55.9 Å². The van der Waals surface area contributed by atoms with Crippen LogP contribution in [0.2, 0.25) is 0 Å². The minimum atomic E-state index is -1.65. The fourth-order valence-corrected chi connectivity index (χ4v) is 5.41. The molecule has 1 atom stereocenters. The number of rotatable bonds is 4. The van der Waals surface area contributed by atoms with Gasteiger partial charge in [0.15, 0.2) is 5.75 Å². The number of carbonyl (C=O) groups excluding carboxylic acids is 1. The van der Waals surface area contributed by atoms with Gasteiger partial charge in [0.1, 0.15) is 0 Å². The summed E-state index contributed by atoms with van der Waals surface area (Å²) in [5.74, 6) is -1.02. The molecule has 1 fully saturated rings. The molecular formula is C25H28N4O6. The number of ether oxygens (including phenoxy) is 1. The van der Waals surface area contributed by atoms with Crippen LogP contribution in [0.5, 0.6) is 11.5 Å². The smallest absolute Gasteiger partial charge is 0.504 e. The van der Waals surface area contributed by atoms with E-state index in [2.05, 4.69) is 36.6 Å². The van der Waals surface area contributed by atoms with Crippen molar-refractivity contribution in [1.82, 2.24) is 19.8 Å². The molecular weight excluding hydrogens is 452 g/mol. The molecule has 1 unspecified atom stereocenters. The molecule has 0 radical (unpaired) electrons. The van der Waals surface area contributed by atoms with Crippen LogP contribution in [0, 0.1) is 0 Å². The highest BCUT2D eigenvalue weighted by atomic mass is 16.7. The number of aromatic amines is 1. The molecule has 35 heavy (non-hydrogen) atoms. The van der Waals surface area contributed by atoms with Gasteiger partial charge in [-0.15, -0.1) is 0 Å². The Bertz CT molecular complexity index is 1410. The molecule has 3 heterocycles. The lowest BCUT2D eigenvalue weighted by molar-refractivity contribution is -0.119. The Labute approximate surface area is 201 Å². The first kappa shape index (κ1) is 23.0. The molecule has 184 valence electrons. The van der Waals surface area contributed by atoms with E-state index in [1.807, 2.05) is 13.1 Å². The van der Waals surface area contributed by atoms with Gasteiger partial charge in [-0.2, -0.15) is 0 Å². The van der Waals surface area contributed by atoms with Crippen molar-refractivity contribution in [2.24, 2.45) is 7.05 Å². The number of pyridine rings is 1. The number of benzene rings is 1. The summed E-state index contributed by atoms with van der Waals surface area (Å²) in [6.45, 7) is 4.03. The normalized spacial score (nSPS) is 17.6. The van der Waals surface area contributed by atoms with Crippen molar-refractivity contribution in [3.63, 3.8) is 0 Å². The van der Waals surface area contributed by atoms with Gasteiger partial charge in [0, 0.05) is 67.4 Å². The van der Waals surface area contributed by atoms with Crippen molar-refractivity contribution in [2.75, 3.05) is 13.1 Å². The van der Waals surface area contributed by atoms with E-state index in [9.17, 15) is 19.5 Å². The van der Waals surface area contributed by atoms with Crippen LogP contribution >= 0.6 is 0 Å². The van der Waals surface area contributed by atoms with E-state index in [1.54, 1.807) is 6.92 Å². The molecule has 3 aromatic rings. The number of nitrogens with one attached hydrogen (secondary N) is 2. The van der Waals surface area contributed by atoms with Crippen molar-refractivity contribution in [3.8, 4) is 22.8 Å². The molecule has 1 aromatic carbocycles. The van der Waals surface area contributed by atoms with Gasteiger partial charge in [0.05, 0.1) is 5.69 Å². The molecule has 1 aliphatic carbocycles. The summed E-state index contributed by atoms with van der Waals surface area (Å²) in [5.41, 5.74) is 4.30. The number of fused-ring (bicyclic) bond motifs is 4. The summed E-state index contributed by atoms with van der Waals surface area (Å²) in [4.78, 5) is 40.0. The lowest BCUT2D eigenvalue weighted by Crippen LogP contribution is -2.35. The number of amides is 1. The number of hydrogen-bond donors (Lipinski definition) is 4. The average molecular weight is 481 g/mol. The minimum absolute atomic E-state index is 0.00560. The summed E-state index contributed by atoms with van der Waals surface area (Å²) < 4.78 is 6.72. The van der Waals surface area contributed by atoms with Gasteiger partial charge in [0.2, 0.25) is 11.7 Å². The van der Waals surface area contributed by atoms with Gasteiger partial charge in [0.25, 0.3) is 5.56 Å². The summed E-state index contributed by atoms with van der Waals surface area (Å²) in [7, 11) is 2.04. The molecule has 1 amide bonds. The van der Waals surface area contributed by atoms with Crippen molar-refractivity contribution in [3.05, 3.63) is 45.4 Å². The maximum atomic E-state index is 12.5. The number of carbonyl (C=O) groups is 2. The Morgan fingerprint density at radius 3 is 2.80 bits per heavy atom. The van der Waals surface area contributed by atoms with E-state index in [0.29, 0.717) is 17.7 Å². The highest BCUT2D eigenvalue weighted by molar-refractivity contribution is 5.89. The first-order valence-corrected chi connectivity index (χ1v) is 11.7. The molecule has 0 saturated carbocycles. The fourth-order valence-electron chi connectivity index (χ4n) is 5.41. The summed E-state index contributed by atoms with van der Waals surface area (Å²) in [5, 5.41) is 23.6. The van der Waals surface area contributed by atoms with Crippen LogP contribution in [0.3, 0.4) is 0 Å². The number of carboxylic acid groups (broad SMARTS) is 1. The van der Waals surface area contributed by atoms with Gasteiger partial charge in [-0.1, -0.05) is 0 Å². The first-order valence-electron chi connectivity index (χ1n) is 11.7. The minimum Gasteiger partial charge on any atom is -0.504 e. The third-order valence-electron chi connectivity index (χ3n) is 7.01. The van der Waals surface area contributed by atoms with Gasteiger partial charge in [-0.3, -0.25) is 14.5 Å². The van der Waals surface area contributed by atoms with Crippen LogP contribution < -0.4 is 15.6 Å². The van der Waals surface area contributed by atoms with Gasteiger partial charge >= 0.3 is 6.16 Å². The Morgan fingerprint density at radius 1 is 1.26 bits per heavy atom. The van der Waals surface area contributed by atoms with Crippen molar-refractivity contribution >= 4 is 23.0 Å². The molecule has 1 saturated heterocycles. The third kappa shape index (κ3) is 4.25. The Morgan fingerprint density at radius 2 is 2.06 bits per heavy atom. The molecule has 2 aromatic heterocycles. The number of aromatic nitrogens is 2. The lowest BCUT2D eigenvalue weighted by Gasteiger charge is -2.17. The molecule has 4 N–H and O–H groups in total. The second kappa shape index (κ2) is 8.77. The first-order chi connectivity index (χ1) is 16.7. The van der Waals surface area contributed by atoms with E-state index in [4.69, 9.17) is 5.11 Å². The van der Waals surface area contributed by atoms with Crippen LogP contribution in [0.1, 0.15) is 36.6 Å². The highest BCUT2D eigenvalue weighted by Gasteiger charge is 2.27. The number of H-pyrrole nitrogens is 1. The maximum Gasteiger partial charge on any atom is 0.511 e. The van der Waals surface area contributed by atoms with Crippen molar-refractivity contribution in [1.29, 1.82) is 0 Å². The Balaban J connectivity index is 1.52. The second-order valence-electron chi connectivity index (χ2n) is 9.39. The number of hydrogen-bond acceptors (Lipinski definition) is 6. The molecule has 10 nitrogen and oxygen atoms in total. The summed E-state index contributed by atoms with van der Waals surface area (Å²) in [6, 6.07) is 6.46. The van der Waals surface area contributed by atoms with E-state index < -0.39 is 23.2 Å². The quantitative estimate of drug-likeness (QED) is 0.421. The zero-order chi connectivity index (χ0) is 24.9. The monoisotopic (exact) mass is 480 g/mol. The SMILES string of the molecule is CC(=O)NC1CCN(Cc2cc3cc4c(cc3n2C)CCCc2c-4[nH]c(=O)c(OC(=O)O)c2O)C1. The zero-order valence-corrected chi connectivity index (χ0v) is 19.7. The second-order valence-corrected chi connectivity index (χ2v) is 9.39.